The number of halogens is 1. The van der Waals surface area contributed by atoms with Gasteiger partial charge in [0.05, 0.1) is 0 Å². The van der Waals surface area contributed by atoms with Crippen LogP contribution in [0, 0.1) is 5.92 Å². The molecule has 1 aromatic rings. The quantitative estimate of drug-likeness (QED) is 0.908. The molecule has 3 atom stereocenters. The molecule has 3 unspecified atom stereocenters. The molecule has 1 aliphatic heterocycles. The molecular formula is C16H25BrN2. The molecule has 0 aliphatic carbocycles. The highest BCUT2D eigenvalue weighted by atomic mass is 79.9. The van der Waals surface area contributed by atoms with Gasteiger partial charge in [0, 0.05) is 28.8 Å². The van der Waals surface area contributed by atoms with Crippen LogP contribution in [0.4, 0.5) is 5.69 Å². The van der Waals surface area contributed by atoms with Gasteiger partial charge in [0.1, 0.15) is 0 Å². The first-order chi connectivity index (χ1) is 9.01. The van der Waals surface area contributed by atoms with E-state index in [2.05, 4.69) is 59.8 Å². The maximum absolute atomic E-state index is 6.15. The third-order valence-corrected chi connectivity index (χ3v) is 4.63. The number of hydrogen-bond acceptors (Lipinski definition) is 2. The van der Waals surface area contributed by atoms with Crippen LogP contribution < -0.4 is 10.6 Å². The second-order valence-electron chi connectivity index (χ2n) is 5.99. The smallest absolute Gasteiger partial charge is 0.0402 e. The molecule has 2 nitrogen and oxygen atoms in total. The van der Waals surface area contributed by atoms with Crippen LogP contribution in [0.15, 0.2) is 22.7 Å². The highest BCUT2D eigenvalue weighted by Crippen LogP contribution is 2.33. The summed E-state index contributed by atoms with van der Waals surface area (Å²) in [5, 5.41) is 0. The van der Waals surface area contributed by atoms with Crippen molar-refractivity contribution in [2.24, 2.45) is 11.7 Å². The fourth-order valence-electron chi connectivity index (χ4n) is 3.06. The lowest BCUT2D eigenvalue weighted by atomic mass is 10.0. The molecule has 19 heavy (non-hydrogen) atoms. The van der Waals surface area contributed by atoms with Gasteiger partial charge in [-0.05, 0) is 55.9 Å². The normalized spacial score (nSPS) is 24.8. The molecule has 106 valence electrons. The maximum Gasteiger partial charge on any atom is 0.0402 e. The van der Waals surface area contributed by atoms with E-state index in [9.17, 15) is 0 Å². The summed E-state index contributed by atoms with van der Waals surface area (Å²) in [6.45, 7) is 7.99. The largest absolute Gasteiger partial charge is 0.368 e. The third-order valence-electron chi connectivity index (χ3n) is 4.14. The molecule has 2 N–H and O–H groups in total. The molecule has 0 radical (unpaired) electrons. The van der Waals surface area contributed by atoms with Crippen molar-refractivity contribution in [3.05, 3.63) is 28.2 Å². The van der Waals surface area contributed by atoms with E-state index in [1.165, 1.54) is 17.7 Å². The number of nitrogens with zero attached hydrogens (tertiary/aromatic N) is 1. The SMILES string of the molecule is CCC(N)Cc1cc(Br)ccc1N1CC(C)CC1C. The predicted molar refractivity (Wildman–Crippen MR) is 86.7 cm³/mol. The van der Waals surface area contributed by atoms with E-state index >= 15 is 0 Å². The second kappa shape index (κ2) is 6.27. The summed E-state index contributed by atoms with van der Waals surface area (Å²) in [5.41, 5.74) is 8.91. The van der Waals surface area contributed by atoms with Crippen LogP contribution in [0.5, 0.6) is 0 Å². The van der Waals surface area contributed by atoms with E-state index < -0.39 is 0 Å². The van der Waals surface area contributed by atoms with Crippen molar-refractivity contribution >= 4 is 21.6 Å². The van der Waals surface area contributed by atoms with Gasteiger partial charge in [0.2, 0.25) is 0 Å². The molecule has 0 saturated carbocycles. The summed E-state index contributed by atoms with van der Waals surface area (Å²) in [7, 11) is 0. The Kier molecular flexibility index (Phi) is 4.91. The van der Waals surface area contributed by atoms with Crippen LogP contribution in [-0.2, 0) is 6.42 Å². The van der Waals surface area contributed by atoms with E-state index in [0.29, 0.717) is 6.04 Å². The van der Waals surface area contributed by atoms with Crippen molar-refractivity contribution in [1.82, 2.24) is 0 Å². The van der Waals surface area contributed by atoms with Crippen LogP contribution >= 0.6 is 15.9 Å². The third kappa shape index (κ3) is 3.51. The fourth-order valence-corrected chi connectivity index (χ4v) is 3.47. The highest BCUT2D eigenvalue weighted by Gasteiger charge is 2.27. The Balaban J connectivity index is 2.28. The first-order valence-corrected chi connectivity index (χ1v) is 8.11. The summed E-state index contributed by atoms with van der Waals surface area (Å²) in [5.74, 6) is 0.784. The molecule has 1 aliphatic rings. The molecular weight excluding hydrogens is 300 g/mol. The molecule has 1 saturated heterocycles. The van der Waals surface area contributed by atoms with E-state index in [0.717, 1.165) is 29.8 Å². The summed E-state index contributed by atoms with van der Waals surface area (Å²) in [6, 6.07) is 7.51. The van der Waals surface area contributed by atoms with Crippen molar-refractivity contribution < 1.29 is 0 Å². The summed E-state index contributed by atoms with van der Waals surface area (Å²) in [6.07, 6.45) is 3.27. The standard InChI is InChI=1S/C16H25BrN2/c1-4-15(18)9-13-8-14(17)5-6-16(13)19-10-11(2)7-12(19)3/h5-6,8,11-12,15H,4,7,9-10,18H2,1-3H3. The summed E-state index contributed by atoms with van der Waals surface area (Å²) < 4.78 is 1.15. The van der Waals surface area contributed by atoms with E-state index in [1.807, 2.05) is 0 Å². The Bertz CT molecular complexity index is 433. The molecule has 1 heterocycles. The lowest BCUT2D eigenvalue weighted by Gasteiger charge is -2.27. The first kappa shape index (κ1) is 14.9. The van der Waals surface area contributed by atoms with Crippen molar-refractivity contribution in [3.63, 3.8) is 0 Å². The second-order valence-corrected chi connectivity index (χ2v) is 6.90. The van der Waals surface area contributed by atoms with Crippen LogP contribution in [0.3, 0.4) is 0 Å². The molecule has 1 fully saturated rings. The highest BCUT2D eigenvalue weighted by molar-refractivity contribution is 9.10. The van der Waals surface area contributed by atoms with Gasteiger partial charge in [0.15, 0.2) is 0 Å². The molecule has 3 heteroatoms. The zero-order chi connectivity index (χ0) is 14.0. The zero-order valence-corrected chi connectivity index (χ0v) is 13.8. The molecule has 0 aromatic heterocycles. The number of anilines is 1. The Morgan fingerprint density at radius 3 is 2.74 bits per heavy atom. The molecule has 2 rings (SSSR count). The monoisotopic (exact) mass is 324 g/mol. The van der Waals surface area contributed by atoms with Gasteiger partial charge in [-0.3, -0.25) is 0 Å². The van der Waals surface area contributed by atoms with Crippen LogP contribution in [0.25, 0.3) is 0 Å². The zero-order valence-electron chi connectivity index (χ0n) is 12.2. The fraction of sp³-hybridized carbons (Fsp3) is 0.625. The van der Waals surface area contributed by atoms with Gasteiger partial charge in [-0.15, -0.1) is 0 Å². The Hall–Kier alpha value is -0.540. The van der Waals surface area contributed by atoms with E-state index in [-0.39, 0.29) is 6.04 Å². The predicted octanol–water partition coefficient (Wildman–Crippen LogP) is 3.96. The first-order valence-electron chi connectivity index (χ1n) is 7.31. The van der Waals surface area contributed by atoms with Crippen molar-refractivity contribution in [1.29, 1.82) is 0 Å². The lowest BCUT2D eigenvalue weighted by molar-refractivity contribution is 0.624. The van der Waals surface area contributed by atoms with Crippen LogP contribution in [-0.4, -0.2) is 18.6 Å². The number of rotatable bonds is 4. The minimum Gasteiger partial charge on any atom is -0.368 e. The van der Waals surface area contributed by atoms with Gasteiger partial charge in [-0.1, -0.05) is 29.8 Å². The van der Waals surface area contributed by atoms with Crippen LogP contribution in [0.1, 0.15) is 39.2 Å². The molecule has 0 amide bonds. The summed E-state index contributed by atoms with van der Waals surface area (Å²) in [4.78, 5) is 2.55. The van der Waals surface area contributed by atoms with Gasteiger partial charge in [0.25, 0.3) is 0 Å². The molecule has 1 aromatic carbocycles. The molecule has 0 spiro atoms. The minimum absolute atomic E-state index is 0.253. The van der Waals surface area contributed by atoms with Crippen molar-refractivity contribution in [2.75, 3.05) is 11.4 Å². The Labute approximate surface area is 125 Å². The van der Waals surface area contributed by atoms with Gasteiger partial charge >= 0.3 is 0 Å². The van der Waals surface area contributed by atoms with Crippen molar-refractivity contribution in [3.8, 4) is 0 Å². The average Bonchev–Trinajstić information content (AvgIpc) is 2.68. The van der Waals surface area contributed by atoms with Crippen LogP contribution in [0.2, 0.25) is 0 Å². The average molecular weight is 325 g/mol. The van der Waals surface area contributed by atoms with Gasteiger partial charge < -0.3 is 10.6 Å². The number of hydrogen-bond donors (Lipinski definition) is 1. The van der Waals surface area contributed by atoms with Gasteiger partial charge in [-0.2, -0.15) is 0 Å². The van der Waals surface area contributed by atoms with E-state index in [1.54, 1.807) is 0 Å². The molecule has 0 bridgehead atoms. The van der Waals surface area contributed by atoms with E-state index in [4.69, 9.17) is 5.73 Å². The minimum atomic E-state index is 0.253. The lowest BCUT2D eigenvalue weighted by Crippen LogP contribution is -2.29. The number of benzene rings is 1. The maximum atomic E-state index is 6.15. The Morgan fingerprint density at radius 2 is 2.16 bits per heavy atom. The topological polar surface area (TPSA) is 29.3 Å². The number of nitrogens with two attached hydrogens (primary N) is 1. The van der Waals surface area contributed by atoms with Gasteiger partial charge in [-0.25, -0.2) is 0 Å². The Morgan fingerprint density at radius 1 is 1.42 bits per heavy atom. The summed E-state index contributed by atoms with van der Waals surface area (Å²) >= 11 is 3.58. The van der Waals surface area contributed by atoms with Crippen molar-refractivity contribution in [2.45, 2.75) is 52.1 Å².